The molecule has 0 saturated carbocycles. The molecule has 26 heavy (non-hydrogen) atoms. The van der Waals surface area contributed by atoms with Crippen molar-refractivity contribution in [1.82, 2.24) is 5.32 Å². The number of nitro benzene ring substituents is 1. The summed E-state index contributed by atoms with van der Waals surface area (Å²) in [5.41, 5.74) is 1.76. The first-order valence-electron chi connectivity index (χ1n) is 8.53. The smallest absolute Gasteiger partial charge is 0.293 e. The minimum Gasteiger partial charge on any atom is -0.497 e. The SMILES string of the molecule is COc1ccc(CNC(=O)c2ccc(N3CCCC3)c([N+](=O)[O-])c2)cc1. The third kappa shape index (κ3) is 3.93. The molecule has 3 rings (SSSR count). The van der Waals surface area contributed by atoms with Crippen LogP contribution in [0.2, 0.25) is 0 Å². The topological polar surface area (TPSA) is 84.7 Å². The number of methoxy groups -OCH3 is 1. The number of rotatable bonds is 6. The van der Waals surface area contributed by atoms with Gasteiger partial charge in [0.1, 0.15) is 11.4 Å². The monoisotopic (exact) mass is 355 g/mol. The van der Waals surface area contributed by atoms with Crippen molar-refractivity contribution < 1.29 is 14.5 Å². The van der Waals surface area contributed by atoms with Crippen LogP contribution in [0, 0.1) is 10.1 Å². The van der Waals surface area contributed by atoms with Gasteiger partial charge in [-0.25, -0.2) is 0 Å². The van der Waals surface area contributed by atoms with Crippen molar-refractivity contribution in [3.05, 3.63) is 63.7 Å². The van der Waals surface area contributed by atoms with Gasteiger partial charge in [0.05, 0.1) is 12.0 Å². The van der Waals surface area contributed by atoms with Crippen molar-refractivity contribution in [2.24, 2.45) is 0 Å². The number of nitro groups is 1. The summed E-state index contributed by atoms with van der Waals surface area (Å²) in [4.78, 5) is 25.4. The Morgan fingerprint density at radius 1 is 1.19 bits per heavy atom. The minimum absolute atomic E-state index is 0.0241. The van der Waals surface area contributed by atoms with Crippen molar-refractivity contribution in [2.75, 3.05) is 25.1 Å². The standard InChI is InChI=1S/C19H21N3O4/c1-26-16-7-4-14(5-8-16)13-20-19(23)15-6-9-17(18(12-15)22(24)25)21-10-2-3-11-21/h4-9,12H,2-3,10-11,13H2,1H3,(H,20,23). The van der Waals surface area contributed by atoms with E-state index >= 15 is 0 Å². The summed E-state index contributed by atoms with van der Waals surface area (Å²) in [7, 11) is 1.59. The predicted octanol–water partition coefficient (Wildman–Crippen LogP) is 3.13. The Kier molecular flexibility index (Phi) is 5.36. The first-order chi connectivity index (χ1) is 12.6. The zero-order valence-electron chi connectivity index (χ0n) is 14.6. The second-order valence-corrected chi connectivity index (χ2v) is 6.19. The molecule has 1 heterocycles. The van der Waals surface area contributed by atoms with E-state index in [9.17, 15) is 14.9 Å². The van der Waals surface area contributed by atoms with Gasteiger partial charge in [-0.15, -0.1) is 0 Å². The van der Waals surface area contributed by atoms with Crippen LogP contribution in [0.1, 0.15) is 28.8 Å². The van der Waals surface area contributed by atoms with E-state index in [1.54, 1.807) is 19.2 Å². The summed E-state index contributed by atoms with van der Waals surface area (Å²) in [6.07, 6.45) is 2.06. The third-order valence-electron chi connectivity index (χ3n) is 4.49. The average Bonchev–Trinajstić information content (AvgIpc) is 3.20. The molecular weight excluding hydrogens is 334 g/mol. The quantitative estimate of drug-likeness (QED) is 0.636. The van der Waals surface area contributed by atoms with Crippen molar-refractivity contribution in [2.45, 2.75) is 19.4 Å². The maximum Gasteiger partial charge on any atom is 0.293 e. The fourth-order valence-electron chi connectivity index (χ4n) is 3.06. The summed E-state index contributed by atoms with van der Waals surface area (Å²) in [5, 5.41) is 14.2. The molecular formula is C19H21N3O4. The number of carbonyl (C=O) groups excluding carboxylic acids is 1. The largest absolute Gasteiger partial charge is 0.497 e. The number of nitrogens with one attached hydrogen (secondary N) is 1. The van der Waals surface area contributed by atoms with Crippen LogP contribution >= 0.6 is 0 Å². The van der Waals surface area contributed by atoms with Gasteiger partial charge in [0.2, 0.25) is 0 Å². The number of amides is 1. The summed E-state index contributed by atoms with van der Waals surface area (Å²) in [6, 6.07) is 12.0. The molecule has 1 aliphatic heterocycles. The van der Waals surface area contributed by atoms with Crippen LogP contribution in [-0.4, -0.2) is 31.0 Å². The number of hydrogen-bond donors (Lipinski definition) is 1. The van der Waals surface area contributed by atoms with Crippen LogP contribution in [0.15, 0.2) is 42.5 Å². The molecule has 1 amide bonds. The van der Waals surface area contributed by atoms with Gasteiger partial charge < -0.3 is 15.0 Å². The Morgan fingerprint density at radius 3 is 2.50 bits per heavy atom. The Hall–Kier alpha value is -3.09. The van der Waals surface area contributed by atoms with Crippen molar-refractivity contribution in [3.63, 3.8) is 0 Å². The van der Waals surface area contributed by atoms with E-state index < -0.39 is 4.92 Å². The molecule has 2 aromatic rings. The van der Waals surface area contributed by atoms with E-state index in [0.717, 1.165) is 37.2 Å². The second-order valence-electron chi connectivity index (χ2n) is 6.19. The highest BCUT2D eigenvalue weighted by molar-refractivity contribution is 5.95. The zero-order chi connectivity index (χ0) is 18.5. The fourth-order valence-corrected chi connectivity index (χ4v) is 3.06. The lowest BCUT2D eigenvalue weighted by atomic mass is 10.1. The van der Waals surface area contributed by atoms with Crippen LogP contribution in [-0.2, 0) is 6.54 Å². The highest BCUT2D eigenvalue weighted by atomic mass is 16.6. The lowest BCUT2D eigenvalue weighted by Gasteiger charge is -2.17. The molecule has 136 valence electrons. The molecule has 2 aromatic carbocycles. The average molecular weight is 355 g/mol. The lowest BCUT2D eigenvalue weighted by Crippen LogP contribution is -2.23. The first kappa shape index (κ1) is 17.7. The normalized spacial score (nSPS) is 13.5. The molecule has 1 fully saturated rings. The fraction of sp³-hybridized carbons (Fsp3) is 0.316. The summed E-state index contributed by atoms with van der Waals surface area (Å²) >= 11 is 0. The van der Waals surface area contributed by atoms with Gasteiger partial charge in [-0.05, 0) is 42.7 Å². The van der Waals surface area contributed by atoms with E-state index in [1.807, 2.05) is 29.2 Å². The highest BCUT2D eigenvalue weighted by Gasteiger charge is 2.23. The van der Waals surface area contributed by atoms with E-state index in [2.05, 4.69) is 5.32 Å². The molecule has 0 spiro atoms. The van der Waals surface area contributed by atoms with Crippen molar-refractivity contribution >= 4 is 17.3 Å². The third-order valence-corrected chi connectivity index (χ3v) is 4.49. The zero-order valence-corrected chi connectivity index (χ0v) is 14.6. The molecule has 1 saturated heterocycles. The van der Waals surface area contributed by atoms with Gasteiger partial charge in [-0.2, -0.15) is 0 Å². The molecule has 7 nitrogen and oxygen atoms in total. The first-order valence-corrected chi connectivity index (χ1v) is 8.53. The highest BCUT2D eigenvalue weighted by Crippen LogP contribution is 2.31. The summed E-state index contributed by atoms with van der Waals surface area (Å²) in [5.74, 6) is 0.407. The predicted molar refractivity (Wildman–Crippen MR) is 98.7 cm³/mol. The van der Waals surface area contributed by atoms with Crippen molar-refractivity contribution in [3.8, 4) is 5.75 Å². The number of benzene rings is 2. The van der Waals surface area contributed by atoms with Gasteiger partial charge in [0.15, 0.2) is 0 Å². The maximum absolute atomic E-state index is 12.4. The van der Waals surface area contributed by atoms with Gasteiger partial charge in [-0.1, -0.05) is 12.1 Å². The van der Waals surface area contributed by atoms with Gasteiger partial charge >= 0.3 is 0 Å². The van der Waals surface area contributed by atoms with E-state index in [-0.39, 0.29) is 17.2 Å². The number of ether oxygens (including phenoxy) is 1. The van der Waals surface area contributed by atoms with Crippen LogP contribution in [0.4, 0.5) is 11.4 Å². The molecule has 0 aliphatic carbocycles. The van der Waals surface area contributed by atoms with E-state index in [1.165, 1.54) is 6.07 Å². The molecule has 0 aromatic heterocycles. The van der Waals surface area contributed by atoms with Gasteiger partial charge in [-0.3, -0.25) is 14.9 Å². The van der Waals surface area contributed by atoms with Crippen LogP contribution < -0.4 is 15.0 Å². The van der Waals surface area contributed by atoms with Crippen LogP contribution in [0.25, 0.3) is 0 Å². The Morgan fingerprint density at radius 2 is 1.88 bits per heavy atom. The van der Waals surface area contributed by atoms with E-state index in [0.29, 0.717) is 12.2 Å². The maximum atomic E-state index is 12.4. The second kappa shape index (κ2) is 7.86. The number of anilines is 1. The minimum atomic E-state index is -0.423. The van der Waals surface area contributed by atoms with Gasteiger partial charge in [0, 0.05) is 31.3 Å². The summed E-state index contributed by atoms with van der Waals surface area (Å²) < 4.78 is 5.10. The molecule has 0 unspecified atom stereocenters. The number of carbonyl (C=O) groups is 1. The number of hydrogen-bond acceptors (Lipinski definition) is 5. The Balaban J connectivity index is 1.72. The Bertz CT molecular complexity index is 799. The molecule has 1 aliphatic rings. The number of nitrogens with zero attached hydrogens (tertiary/aromatic N) is 2. The Labute approximate surface area is 151 Å². The van der Waals surface area contributed by atoms with Crippen LogP contribution in [0.3, 0.4) is 0 Å². The molecule has 0 atom stereocenters. The van der Waals surface area contributed by atoms with Crippen molar-refractivity contribution in [1.29, 1.82) is 0 Å². The van der Waals surface area contributed by atoms with Crippen LogP contribution in [0.5, 0.6) is 5.75 Å². The van der Waals surface area contributed by atoms with E-state index in [4.69, 9.17) is 4.74 Å². The lowest BCUT2D eigenvalue weighted by molar-refractivity contribution is -0.384. The van der Waals surface area contributed by atoms with Gasteiger partial charge in [0.25, 0.3) is 11.6 Å². The molecule has 0 bridgehead atoms. The molecule has 1 N–H and O–H groups in total. The molecule has 7 heteroatoms. The summed E-state index contributed by atoms with van der Waals surface area (Å²) in [6.45, 7) is 1.96. The molecule has 0 radical (unpaired) electrons.